The summed E-state index contributed by atoms with van der Waals surface area (Å²) in [6.07, 6.45) is 3.85. The summed E-state index contributed by atoms with van der Waals surface area (Å²) < 4.78 is 0. The number of nitrogens with zero attached hydrogens (tertiary/aromatic N) is 7. The molecule has 11 amide bonds. The van der Waals surface area contributed by atoms with E-state index >= 15 is 28.8 Å². The smallest absolute Gasteiger partial charge is 0.246 e. The lowest BCUT2D eigenvalue weighted by atomic mass is 9.91. The molecule has 0 aromatic heterocycles. The lowest BCUT2D eigenvalue weighted by molar-refractivity contribution is -0.157. The van der Waals surface area contributed by atoms with Gasteiger partial charge in [-0.05, 0) is 113 Å². The van der Waals surface area contributed by atoms with Crippen molar-refractivity contribution in [1.29, 1.82) is 0 Å². The zero-order valence-corrected chi connectivity index (χ0v) is 60.4. The quantitative estimate of drug-likeness (QED) is 0.0748. The summed E-state index contributed by atoms with van der Waals surface area (Å²) in [5.41, 5.74) is 0. The fraction of sp³-hybridized carbons (Fsp3) is 0.803. The SMILES string of the molecule is C/C=C/C[C@@H](C)[C@@H](O)[C@H]1C(=O)N[C@H](CC)C(=O)N(C)[C@H](CSCCCCO)C(=O)N(C)[C@@H](C(C)C)C(=O)N[C@H](C(C)C)C(=O)N(C)[C@H](CC(C)C)C(=O)N[C@H](C)C(=O)N[C@@H](C)C(=O)N(C)[C@@H](CC(C)C)C(=O)N(C)[C@H](CC(C)C)C(=O)N(C)[C@H](C(C)C)C(=O)N1C. The standard InChI is InChI=1S/C66H119N11O13S/c1-25-27-30-43(15)55(79)54-59(83)69-46(26-2)61(85)74(21)50(36-91-32-29-28-31-78)64(88)75(22)52(41(11)12)58(82)70-51(40(9)10)65(89)71(18)47(33-37(3)4)57(81)67-44(16)56(80)68-45(17)60(84)72(19)48(34-38(5)6)62(86)73(20)49(35-39(7)8)63(87)76(23)53(42(13)14)66(90)77(54)24/h25,27,37-55,78-79H,26,28-36H2,1-24H3,(H,67,81)(H,68,80)(H,69,83)(H,70,82)/b27-25+/t43-,44-,45+,46-,47-,48+,49-,50-,51-,52+,53-,54+,55-/m1/s1. The number of hydrogen-bond donors (Lipinski definition) is 6. The summed E-state index contributed by atoms with van der Waals surface area (Å²) in [4.78, 5) is 172. The molecule has 1 saturated heterocycles. The zero-order chi connectivity index (χ0) is 70.4. The van der Waals surface area contributed by atoms with Gasteiger partial charge in [-0.25, -0.2) is 0 Å². The highest BCUT2D eigenvalue weighted by Crippen LogP contribution is 2.26. The molecule has 0 aromatic carbocycles. The number of nitrogens with one attached hydrogen (secondary N) is 4. The van der Waals surface area contributed by atoms with Crippen LogP contribution in [0.4, 0.5) is 0 Å². The number of likely N-dealkylation sites (N-methyl/N-ethyl adjacent to an activating group) is 7. The van der Waals surface area contributed by atoms with Gasteiger partial charge < -0.3 is 65.8 Å². The lowest BCUT2D eigenvalue weighted by Gasteiger charge is -2.41. The van der Waals surface area contributed by atoms with Crippen molar-refractivity contribution in [2.24, 2.45) is 41.4 Å². The predicted molar refractivity (Wildman–Crippen MR) is 356 cm³/mol. The highest BCUT2D eigenvalue weighted by atomic mass is 32.2. The van der Waals surface area contributed by atoms with Crippen LogP contribution in [0.3, 0.4) is 0 Å². The Morgan fingerprint density at radius 2 is 0.890 bits per heavy atom. The first-order valence-corrected chi connectivity index (χ1v) is 33.9. The average molecular weight is 1310 g/mol. The van der Waals surface area contributed by atoms with Gasteiger partial charge in [0.15, 0.2) is 0 Å². The maximum Gasteiger partial charge on any atom is 0.246 e. The summed E-state index contributed by atoms with van der Waals surface area (Å²) in [5.74, 6) is -9.85. The van der Waals surface area contributed by atoms with Gasteiger partial charge >= 0.3 is 0 Å². The Labute approximate surface area is 549 Å². The van der Waals surface area contributed by atoms with Crippen LogP contribution >= 0.6 is 11.8 Å². The molecule has 1 fully saturated rings. The maximum absolute atomic E-state index is 15.3. The van der Waals surface area contributed by atoms with Gasteiger partial charge in [-0.1, -0.05) is 109 Å². The van der Waals surface area contributed by atoms with Crippen molar-refractivity contribution in [3.63, 3.8) is 0 Å². The predicted octanol–water partition coefficient (Wildman–Crippen LogP) is 3.75. The number of amides is 11. The fourth-order valence-electron chi connectivity index (χ4n) is 11.5. The molecule has 0 spiro atoms. The van der Waals surface area contributed by atoms with Crippen LogP contribution in [0.1, 0.15) is 163 Å². The molecule has 6 N–H and O–H groups in total. The molecule has 13 atom stereocenters. The van der Waals surface area contributed by atoms with Gasteiger partial charge in [-0.3, -0.25) is 52.7 Å². The number of unbranched alkanes of at least 4 members (excludes halogenated alkanes) is 1. The van der Waals surface area contributed by atoms with Gasteiger partial charge in [0.2, 0.25) is 65.0 Å². The van der Waals surface area contributed by atoms with E-state index in [4.69, 9.17) is 0 Å². The number of rotatable bonds is 20. The second-order valence-electron chi connectivity index (χ2n) is 27.4. The van der Waals surface area contributed by atoms with Crippen molar-refractivity contribution in [3.8, 4) is 0 Å². The first-order valence-electron chi connectivity index (χ1n) is 32.8. The van der Waals surface area contributed by atoms with Crippen LogP contribution in [0.25, 0.3) is 0 Å². The first kappa shape index (κ1) is 83.2. The van der Waals surface area contributed by atoms with Crippen molar-refractivity contribution in [2.45, 2.75) is 235 Å². The normalized spacial score (nSPS) is 26.7. The summed E-state index contributed by atoms with van der Waals surface area (Å²) in [6, 6.07) is -13.9. The van der Waals surface area contributed by atoms with E-state index in [1.165, 1.54) is 104 Å². The summed E-state index contributed by atoms with van der Waals surface area (Å²) in [6.45, 7) is 29.5. The fourth-order valence-corrected chi connectivity index (χ4v) is 12.7. The van der Waals surface area contributed by atoms with Gasteiger partial charge in [-0.2, -0.15) is 11.8 Å². The number of aliphatic hydroxyl groups excluding tert-OH is 2. The third kappa shape index (κ3) is 23.6. The Hall–Kier alpha value is -5.82. The van der Waals surface area contributed by atoms with E-state index in [-0.39, 0.29) is 55.8 Å². The molecular weight excluding hydrogens is 1190 g/mol. The van der Waals surface area contributed by atoms with Crippen molar-refractivity contribution in [1.82, 2.24) is 55.6 Å². The third-order valence-electron chi connectivity index (χ3n) is 17.2. The second-order valence-corrected chi connectivity index (χ2v) is 28.5. The molecule has 0 aromatic rings. The van der Waals surface area contributed by atoms with E-state index in [2.05, 4.69) is 21.3 Å². The van der Waals surface area contributed by atoms with Crippen LogP contribution < -0.4 is 21.3 Å². The van der Waals surface area contributed by atoms with Crippen LogP contribution in [0.15, 0.2) is 12.2 Å². The van der Waals surface area contributed by atoms with E-state index < -0.39 is 161 Å². The van der Waals surface area contributed by atoms with Crippen molar-refractivity contribution < 1.29 is 63.0 Å². The average Bonchev–Trinajstić information content (AvgIpc) is 0.876. The van der Waals surface area contributed by atoms with Gasteiger partial charge in [0.1, 0.15) is 66.5 Å². The Kier molecular flexibility index (Phi) is 35.7. The Balaban J connectivity index is 4.50. The minimum absolute atomic E-state index is 0.00986. The largest absolute Gasteiger partial charge is 0.396 e. The summed E-state index contributed by atoms with van der Waals surface area (Å²) in [5, 5.41) is 32.9. The van der Waals surface area contributed by atoms with E-state index in [0.29, 0.717) is 25.0 Å². The highest BCUT2D eigenvalue weighted by molar-refractivity contribution is 7.99. The van der Waals surface area contributed by atoms with Crippen LogP contribution in [-0.4, -0.2) is 250 Å². The lowest BCUT2D eigenvalue weighted by Crippen LogP contribution is -2.64. The molecule has 0 saturated carbocycles. The maximum atomic E-state index is 15.3. The Morgan fingerprint density at radius 1 is 0.462 bits per heavy atom. The molecule has 1 aliphatic rings. The summed E-state index contributed by atoms with van der Waals surface area (Å²) >= 11 is 1.35. The number of hydrogen-bond acceptors (Lipinski definition) is 14. The first-order chi connectivity index (χ1) is 42.2. The molecule has 522 valence electrons. The molecule has 0 bridgehead atoms. The number of carbonyl (C=O) groups excluding carboxylic acids is 11. The van der Waals surface area contributed by atoms with Gasteiger partial charge in [0.25, 0.3) is 0 Å². The van der Waals surface area contributed by atoms with Crippen LogP contribution in [0.2, 0.25) is 0 Å². The van der Waals surface area contributed by atoms with Crippen LogP contribution in [0.5, 0.6) is 0 Å². The molecule has 25 heteroatoms. The monoisotopic (exact) mass is 1310 g/mol. The number of aliphatic hydroxyl groups is 2. The van der Waals surface area contributed by atoms with Crippen molar-refractivity contribution in [3.05, 3.63) is 12.2 Å². The minimum Gasteiger partial charge on any atom is -0.396 e. The van der Waals surface area contributed by atoms with Gasteiger partial charge in [0, 0.05) is 61.7 Å². The number of carbonyl (C=O) groups is 11. The van der Waals surface area contributed by atoms with Crippen molar-refractivity contribution >= 4 is 76.7 Å². The van der Waals surface area contributed by atoms with Gasteiger partial charge in [0.05, 0.1) is 6.10 Å². The Morgan fingerprint density at radius 3 is 1.36 bits per heavy atom. The highest BCUT2D eigenvalue weighted by Gasteiger charge is 2.46. The topological polar surface area (TPSA) is 299 Å². The molecule has 0 radical (unpaired) electrons. The van der Waals surface area contributed by atoms with E-state index in [9.17, 15) is 34.2 Å². The van der Waals surface area contributed by atoms with Crippen molar-refractivity contribution in [2.75, 3.05) is 67.4 Å². The molecule has 0 unspecified atom stereocenters. The third-order valence-corrected chi connectivity index (χ3v) is 18.3. The minimum atomic E-state index is -1.64. The molecule has 0 aliphatic carbocycles. The molecule has 91 heavy (non-hydrogen) atoms. The number of allylic oxidation sites excluding steroid dienone is 2. The number of thioether (sulfide) groups is 1. The van der Waals surface area contributed by atoms with Gasteiger partial charge in [-0.15, -0.1) is 0 Å². The summed E-state index contributed by atoms with van der Waals surface area (Å²) in [7, 11) is 9.97. The van der Waals surface area contributed by atoms with E-state index in [1.54, 1.807) is 68.4 Å². The van der Waals surface area contributed by atoms with E-state index in [0.717, 1.165) is 4.90 Å². The Bertz CT molecular complexity index is 2460. The molecule has 1 aliphatic heterocycles. The molecule has 24 nitrogen and oxygen atoms in total. The molecule has 1 heterocycles. The second kappa shape index (κ2) is 39.0. The van der Waals surface area contributed by atoms with Crippen LogP contribution in [0, 0.1) is 41.4 Å². The molecular formula is C66H119N11O13S. The van der Waals surface area contributed by atoms with E-state index in [1.807, 2.05) is 47.6 Å². The van der Waals surface area contributed by atoms with Crippen LogP contribution in [-0.2, 0) is 52.7 Å². The zero-order valence-electron chi connectivity index (χ0n) is 59.6. The molecule has 1 rings (SSSR count).